The van der Waals surface area contributed by atoms with Crippen LogP contribution in [0.5, 0.6) is 11.5 Å². The second-order valence-electron chi connectivity index (χ2n) is 7.92. The Kier molecular flexibility index (Phi) is 7.05. The van der Waals surface area contributed by atoms with Gasteiger partial charge in [0, 0.05) is 11.3 Å². The van der Waals surface area contributed by atoms with Crippen molar-refractivity contribution in [3.63, 3.8) is 0 Å². The lowest BCUT2D eigenvalue weighted by Gasteiger charge is -2.27. The van der Waals surface area contributed by atoms with Gasteiger partial charge < -0.3 is 14.6 Å². The molecule has 1 fully saturated rings. The summed E-state index contributed by atoms with van der Waals surface area (Å²) in [5.74, 6) is -1.11. The van der Waals surface area contributed by atoms with Gasteiger partial charge in [-0.1, -0.05) is 47.5 Å². The summed E-state index contributed by atoms with van der Waals surface area (Å²) >= 11 is 12.5. The van der Waals surface area contributed by atoms with E-state index in [9.17, 15) is 14.7 Å². The Morgan fingerprint density at radius 2 is 1.74 bits per heavy atom. The number of halogens is 2. The molecule has 3 aromatic carbocycles. The molecule has 0 spiro atoms. The second-order valence-corrected chi connectivity index (χ2v) is 8.74. The molecule has 0 aromatic heterocycles. The molecule has 0 saturated carbocycles. The lowest BCUT2D eigenvalue weighted by atomic mass is 9.92. The molecule has 1 amide bonds. The molecule has 1 saturated heterocycles. The Morgan fingerprint density at radius 1 is 1.00 bits per heavy atom. The fraction of sp³-hybridized carbons (Fsp3) is 0.185. The third-order valence-electron chi connectivity index (χ3n) is 5.85. The van der Waals surface area contributed by atoms with Crippen molar-refractivity contribution in [1.29, 1.82) is 0 Å². The van der Waals surface area contributed by atoms with Crippen LogP contribution in [0.15, 0.2) is 66.2 Å². The van der Waals surface area contributed by atoms with Gasteiger partial charge in [-0.25, -0.2) is 0 Å². The van der Waals surface area contributed by atoms with E-state index in [4.69, 9.17) is 32.7 Å². The minimum atomic E-state index is -0.883. The first-order valence-corrected chi connectivity index (χ1v) is 11.7. The number of carbonyl (C=O) groups is 2. The standard InChI is InChI=1S/C27H23Cl2NO5/c1-4-35-22-13-16(9-11-19(22)28)25(31)23-24(18-8-6-5-7-15(18)2)30(27(33)26(23)32)17-10-12-21(34-3)20(29)14-17/h5-14,24,31H,4H2,1-3H3/b25-23+. The molecule has 1 unspecified atom stereocenters. The molecule has 0 bridgehead atoms. The normalized spacial score (nSPS) is 17.1. The summed E-state index contributed by atoms with van der Waals surface area (Å²) in [5, 5.41) is 12.0. The van der Waals surface area contributed by atoms with Crippen molar-refractivity contribution in [2.45, 2.75) is 19.9 Å². The molecule has 0 aliphatic carbocycles. The number of rotatable bonds is 6. The molecule has 35 heavy (non-hydrogen) atoms. The van der Waals surface area contributed by atoms with Crippen LogP contribution in [-0.2, 0) is 9.59 Å². The van der Waals surface area contributed by atoms with E-state index in [2.05, 4.69) is 0 Å². The maximum absolute atomic E-state index is 13.4. The van der Waals surface area contributed by atoms with Crippen molar-refractivity contribution < 1.29 is 24.2 Å². The summed E-state index contributed by atoms with van der Waals surface area (Å²) in [7, 11) is 1.49. The zero-order valence-electron chi connectivity index (χ0n) is 19.3. The predicted octanol–water partition coefficient (Wildman–Crippen LogP) is 6.34. The Morgan fingerprint density at radius 3 is 2.40 bits per heavy atom. The highest BCUT2D eigenvalue weighted by Gasteiger charge is 2.47. The molecular weight excluding hydrogens is 489 g/mol. The maximum Gasteiger partial charge on any atom is 0.300 e. The number of aliphatic hydroxyl groups excluding tert-OH is 1. The zero-order valence-corrected chi connectivity index (χ0v) is 20.9. The number of Topliss-reactive ketones (excluding diaryl/α,β-unsaturated/α-hetero) is 1. The highest BCUT2D eigenvalue weighted by Crippen LogP contribution is 2.44. The average Bonchev–Trinajstić information content (AvgIpc) is 3.10. The summed E-state index contributed by atoms with van der Waals surface area (Å²) in [6.45, 7) is 4.06. The van der Waals surface area contributed by atoms with Gasteiger partial charge >= 0.3 is 0 Å². The summed E-state index contributed by atoms with van der Waals surface area (Å²) < 4.78 is 10.8. The molecule has 1 heterocycles. The molecule has 1 aliphatic rings. The fourth-order valence-corrected chi connectivity index (χ4v) is 4.59. The van der Waals surface area contributed by atoms with E-state index in [0.29, 0.717) is 39.9 Å². The van der Waals surface area contributed by atoms with Crippen molar-refractivity contribution in [2.24, 2.45) is 0 Å². The molecule has 180 valence electrons. The fourth-order valence-electron chi connectivity index (χ4n) is 4.16. The van der Waals surface area contributed by atoms with E-state index in [1.165, 1.54) is 12.0 Å². The Hall–Kier alpha value is -3.48. The first-order chi connectivity index (χ1) is 16.8. The van der Waals surface area contributed by atoms with Crippen molar-refractivity contribution in [1.82, 2.24) is 0 Å². The van der Waals surface area contributed by atoms with E-state index in [0.717, 1.165) is 5.56 Å². The van der Waals surface area contributed by atoms with Gasteiger partial charge in [0.25, 0.3) is 11.7 Å². The summed E-state index contributed by atoms with van der Waals surface area (Å²) in [6, 6.07) is 16.0. The summed E-state index contributed by atoms with van der Waals surface area (Å²) in [5.41, 5.74) is 2.21. The zero-order chi connectivity index (χ0) is 25.3. The Labute approximate surface area is 213 Å². The number of aryl methyl sites for hydroxylation is 1. The Balaban J connectivity index is 1.95. The van der Waals surface area contributed by atoms with Crippen LogP contribution >= 0.6 is 23.2 Å². The van der Waals surface area contributed by atoms with Gasteiger partial charge in [-0.3, -0.25) is 14.5 Å². The predicted molar refractivity (Wildman–Crippen MR) is 137 cm³/mol. The first-order valence-electron chi connectivity index (χ1n) is 10.9. The van der Waals surface area contributed by atoms with Gasteiger partial charge in [0.1, 0.15) is 17.3 Å². The number of anilines is 1. The van der Waals surface area contributed by atoms with Gasteiger partial charge in [-0.2, -0.15) is 0 Å². The topological polar surface area (TPSA) is 76.1 Å². The van der Waals surface area contributed by atoms with Crippen LogP contribution in [0.3, 0.4) is 0 Å². The van der Waals surface area contributed by atoms with Crippen LogP contribution in [0, 0.1) is 6.92 Å². The third kappa shape index (κ3) is 4.47. The number of carbonyl (C=O) groups excluding carboxylic acids is 2. The van der Waals surface area contributed by atoms with Gasteiger partial charge in [0.05, 0.1) is 35.4 Å². The number of methoxy groups -OCH3 is 1. The minimum Gasteiger partial charge on any atom is -0.507 e. The van der Waals surface area contributed by atoms with E-state index in [1.807, 2.05) is 38.1 Å². The minimum absolute atomic E-state index is 0.0407. The van der Waals surface area contributed by atoms with Gasteiger partial charge in [-0.15, -0.1) is 0 Å². The molecule has 6 nitrogen and oxygen atoms in total. The maximum atomic E-state index is 13.4. The highest BCUT2D eigenvalue weighted by molar-refractivity contribution is 6.52. The number of ketones is 1. The SMILES string of the molecule is CCOc1cc(/C(O)=C2\C(=O)C(=O)N(c3ccc(OC)c(Cl)c3)C2c2ccccc2C)ccc1Cl. The number of nitrogens with zero attached hydrogens (tertiary/aromatic N) is 1. The van der Waals surface area contributed by atoms with Crippen LogP contribution in [-0.4, -0.2) is 30.5 Å². The number of amides is 1. The number of ether oxygens (including phenoxy) is 2. The smallest absolute Gasteiger partial charge is 0.300 e. The molecule has 1 aliphatic heterocycles. The first kappa shape index (κ1) is 24.6. The number of hydrogen-bond acceptors (Lipinski definition) is 5. The molecule has 3 aromatic rings. The van der Waals surface area contributed by atoms with E-state index in [-0.39, 0.29) is 16.4 Å². The van der Waals surface area contributed by atoms with Crippen molar-refractivity contribution in [3.05, 3.63) is 93.0 Å². The van der Waals surface area contributed by atoms with Crippen LogP contribution in [0.2, 0.25) is 10.0 Å². The summed E-state index contributed by atoms with van der Waals surface area (Å²) in [4.78, 5) is 28.1. The largest absolute Gasteiger partial charge is 0.507 e. The summed E-state index contributed by atoms with van der Waals surface area (Å²) in [6.07, 6.45) is 0. The molecule has 4 rings (SSSR count). The monoisotopic (exact) mass is 511 g/mol. The van der Waals surface area contributed by atoms with Crippen LogP contribution < -0.4 is 14.4 Å². The van der Waals surface area contributed by atoms with Crippen molar-refractivity contribution in [2.75, 3.05) is 18.6 Å². The quantitative estimate of drug-likeness (QED) is 0.237. The molecule has 8 heteroatoms. The van der Waals surface area contributed by atoms with Crippen molar-refractivity contribution in [3.8, 4) is 11.5 Å². The number of aliphatic hydroxyl groups is 1. The highest BCUT2D eigenvalue weighted by atomic mass is 35.5. The third-order valence-corrected chi connectivity index (χ3v) is 6.45. The molecule has 1 atom stereocenters. The second kappa shape index (κ2) is 10.0. The van der Waals surface area contributed by atoms with Gasteiger partial charge in [-0.05, 0) is 61.4 Å². The van der Waals surface area contributed by atoms with E-state index >= 15 is 0 Å². The Bertz CT molecular complexity index is 1350. The van der Waals surface area contributed by atoms with Crippen molar-refractivity contribution >= 4 is 46.3 Å². The van der Waals surface area contributed by atoms with Gasteiger partial charge in [0.15, 0.2) is 0 Å². The lowest BCUT2D eigenvalue weighted by molar-refractivity contribution is -0.132. The molecule has 0 radical (unpaired) electrons. The van der Waals surface area contributed by atoms with Crippen LogP contribution in [0.1, 0.15) is 29.7 Å². The number of hydrogen-bond donors (Lipinski definition) is 1. The number of benzene rings is 3. The lowest BCUT2D eigenvalue weighted by Crippen LogP contribution is -2.29. The van der Waals surface area contributed by atoms with E-state index < -0.39 is 17.7 Å². The molecule has 1 N–H and O–H groups in total. The van der Waals surface area contributed by atoms with E-state index in [1.54, 1.807) is 36.4 Å². The molecular formula is C27H23Cl2NO5. The van der Waals surface area contributed by atoms with Crippen LogP contribution in [0.4, 0.5) is 5.69 Å². The van der Waals surface area contributed by atoms with Gasteiger partial charge in [0.2, 0.25) is 0 Å². The van der Waals surface area contributed by atoms with Crippen LogP contribution in [0.25, 0.3) is 5.76 Å². The average molecular weight is 512 g/mol.